The van der Waals surface area contributed by atoms with E-state index >= 15 is 0 Å². The summed E-state index contributed by atoms with van der Waals surface area (Å²) in [6.45, 7) is 0.212. The summed E-state index contributed by atoms with van der Waals surface area (Å²) >= 11 is 8.31. The Morgan fingerprint density at radius 1 is 1.09 bits per heavy atom. The predicted octanol–water partition coefficient (Wildman–Crippen LogP) is 7.24. The van der Waals surface area contributed by atoms with Crippen molar-refractivity contribution in [1.82, 2.24) is 9.66 Å². The van der Waals surface area contributed by atoms with E-state index in [4.69, 9.17) is 35.6 Å². The van der Waals surface area contributed by atoms with E-state index in [0.29, 0.717) is 44.3 Å². The molecule has 43 heavy (non-hydrogen) atoms. The highest BCUT2D eigenvalue weighted by Gasteiger charge is 2.17. The van der Waals surface area contributed by atoms with Gasteiger partial charge in [0.1, 0.15) is 12.2 Å². The number of carboxylic acid groups (broad SMARTS) is 1. The number of rotatable bonds is 8. The second-order valence-corrected chi connectivity index (χ2v) is 11.0. The average molecular weight is 706 g/mol. The summed E-state index contributed by atoms with van der Waals surface area (Å²) in [6.07, 6.45) is 1.54. The lowest BCUT2D eigenvalue weighted by molar-refractivity contribution is 0.0697. The third kappa shape index (κ3) is 5.84. The molecule has 9 nitrogen and oxygen atoms in total. The molecule has 0 bridgehead atoms. The Labute approximate surface area is 263 Å². The van der Waals surface area contributed by atoms with Crippen LogP contribution >= 0.6 is 34.2 Å². The smallest absolute Gasteiger partial charge is 0.335 e. The maximum atomic E-state index is 13.6. The Balaban J connectivity index is 1.36. The molecule has 11 heteroatoms. The summed E-state index contributed by atoms with van der Waals surface area (Å²) in [5, 5.41) is 15.4. The van der Waals surface area contributed by atoms with Gasteiger partial charge < -0.3 is 19.0 Å². The number of aromatic nitrogens is 2. The molecule has 0 aliphatic heterocycles. The molecule has 0 radical (unpaired) electrons. The second kappa shape index (κ2) is 11.9. The fourth-order valence-electron chi connectivity index (χ4n) is 4.49. The normalized spacial score (nSPS) is 11.4. The Bertz CT molecular complexity index is 2100. The molecule has 214 valence electrons. The summed E-state index contributed by atoms with van der Waals surface area (Å²) in [7, 11) is 1.53. The van der Waals surface area contributed by atoms with E-state index in [-0.39, 0.29) is 23.6 Å². The van der Waals surface area contributed by atoms with Gasteiger partial charge in [0.15, 0.2) is 17.3 Å². The first-order chi connectivity index (χ1) is 20.8. The molecule has 0 aliphatic rings. The molecule has 0 saturated heterocycles. The molecule has 2 aromatic heterocycles. The first kappa shape index (κ1) is 28.4. The van der Waals surface area contributed by atoms with Gasteiger partial charge in [0, 0.05) is 10.4 Å². The monoisotopic (exact) mass is 705 g/mol. The molecule has 0 fully saturated rings. The maximum absolute atomic E-state index is 13.6. The number of halogens is 2. The quantitative estimate of drug-likeness (QED) is 0.131. The molecule has 1 N–H and O–H groups in total. The average Bonchev–Trinajstić information content (AvgIpc) is 3.43. The van der Waals surface area contributed by atoms with Crippen LogP contribution in [0.5, 0.6) is 11.5 Å². The number of carboxylic acids is 1. The molecular formula is C32H21ClIN3O6. The van der Waals surface area contributed by atoms with E-state index < -0.39 is 5.97 Å². The minimum atomic E-state index is -0.989. The van der Waals surface area contributed by atoms with Crippen molar-refractivity contribution in [3.8, 4) is 23.1 Å². The Morgan fingerprint density at radius 2 is 1.88 bits per heavy atom. The van der Waals surface area contributed by atoms with E-state index in [1.807, 2.05) is 12.1 Å². The van der Waals surface area contributed by atoms with Crippen LogP contribution in [-0.4, -0.2) is 34.1 Å². The standard InChI is InChI=1S/C32H21ClIN3O6/c1-41-27-13-19(12-24(34)29(27)42-17-18-6-8-20(9-7-18)32(39)40)16-35-37-30(36-25-5-3-2-4-23(25)31(37)38)28-15-21-14-22(33)10-11-26(21)43-28/h2-16H,17H2,1H3,(H,39,40). The minimum absolute atomic E-state index is 0.202. The first-order valence-corrected chi connectivity index (χ1v) is 14.3. The van der Waals surface area contributed by atoms with Gasteiger partial charge in [-0.15, -0.1) is 0 Å². The van der Waals surface area contributed by atoms with Crippen molar-refractivity contribution in [2.45, 2.75) is 6.61 Å². The van der Waals surface area contributed by atoms with Crippen LogP contribution in [0.25, 0.3) is 33.5 Å². The molecule has 4 aromatic carbocycles. The molecule has 0 aliphatic carbocycles. The van der Waals surface area contributed by atoms with E-state index in [9.17, 15) is 9.59 Å². The molecule has 0 amide bonds. The van der Waals surface area contributed by atoms with Gasteiger partial charge in [-0.05, 0) is 94.4 Å². The zero-order valence-electron chi connectivity index (χ0n) is 22.5. The Kier molecular flexibility index (Phi) is 7.87. The van der Waals surface area contributed by atoms with E-state index in [0.717, 1.165) is 14.5 Å². The number of ether oxygens (including phenoxy) is 2. The van der Waals surface area contributed by atoms with Gasteiger partial charge in [0.2, 0.25) is 5.82 Å². The lowest BCUT2D eigenvalue weighted by atomic mass is 10.1. The van der Waals surface area contributed by atoms with Gasteiger partial charge in [0.05, 0.1) is 33.4 Å². The maximum Gasteiger partial charge on any atom is 0.335 e. The number of benzene rings is 4. The van der Waals surface area contributed by atoms with Crippen molar-refractivity contribution < 1.29 is 23.8 Å². The number of hydrogen-bond acceptors (Lipinski definition) is 7. The molecule has 0 atom stereocenters. The van der Waals surface area contributed by atoms with Crippen LogP contribution in [0, 0.1) is 3.57 Å². The molecule has 0 saturated carbocycles. The summed E-state index contributed by atoms with van der Waals surface area (Å²) in [4.78, 5) is 29.4. The molecule has 0 spiro atoms. The highest BCUT2D eigenvalue weighted by atomic mass is 127. The number of methoxy groups -OCH3 is 1. The van der Waals surface area contributed by atoms with Crippen molar-refractivity contribution >= 4 is 68.2 Å². The largest absolute Gasteiger partial charge is 0.493 e. The number of furan rings is 1. The minimum Gasteiger partial charge on any atom is -0.493 e. The van der Waals surface area contributed by atoms with Crippen LogP contribution in [0.2, 0.25) is 5.02 Å². The SMILES string of the molecule is COc1cc(C=Nn2c(-c3cc4cc(Cl)ccc4o3)nc3ccccc3c2=O)cc(I)c1OCc1ccc(C(=O)O)cc1. The first-order valence-electron chi connectivity index (χ1n) is 12.9. The van der Waals surface area contributed by atoms with Crippen molar-refractivity contribution in [2.24, 2.45) is 5.10 Å². The van der Waals surface area contributed by atoms with Gasteiger partial charge in [0.25, 0.3) is 5.56 Å². The fourth-order valence-corrected chi connectivity index (χ4v) is 5.45. The van der Waals surface area contributed by atoms with Gasteiger partial charge in [-0.3, -0.25) is 4.79 Å². The molecule has 2 heterocycles. The summed E-state index contributed by atoms with van der Waals surface area (Å²) in [6, 6.07) is 24.1. The summed E-state index contributed by atoms with van der Waals surface area (Å²) in [5.74, 6) is 0.604. The summed E-state index contributed by atoms with van der Waals surface area (Å²) < 4.78 is 19.6. The van der Waals surface area contributed by atoms with Gasteiger partial charge >= 0.3 is 5.97 Å². The lowest BCUT2D eigenvalue weighted by Crippen LogP contribution is -2.20. The van der Waals surface area contributed by atoms with E-state index in [1.54, 1.807) is 66.9 Å². The summed E-state index contributed by atoms with van der Waals surface area (Å²) in [5.41, 5.74) is 2.42. The molecule has 6 rings (SSSR count). The van der Waals surface area contributed by atoms with Crippen molar-refractivity contribution in [3.63, 3.8) is 0 Å². The van der Waals surface area contributed by atoms with Crippen LogP contribution in [-0.2, 0) is 6.61 Å². The number of hydrogen-bond donors (Lipinski definition) is 1. The topological polar surface area (TPSA) is 116 Å². The number of para-hydroxylation sites is 1. The van der Waals surface area contributed by atoms with Crippen molar-refractivity contribution in [3.05, 3.63) is 121 Å². The van der Waals surface area contributed by atoms with Crippen LogP contribution < -0.4 is 15.0 Å². The van der Waals surface area contributed by atoms with Gasteiger partial charge in [-0.2, -0.15) is 9.78 Å². The number of nitrogens with zero attached hydrogens (tertiary/aromatic N) is 3. The number of fused-ring (bicyclic) bond motifs is 2. The number of carbonyl (C=O) groups is 1. The molecule has 6 aromatic rings. The van der Waals surface area contributed by atoms with Gasteiger partial charge in [-0.25, -0.2) is 9.78 Å². The van der Waals surface area contributed by atoms with Crippen LogP contribution in [0.15, 0.2) is 99.2 Å². The second-order valence-electron chi connectivity index (χ2n) is 9.43. The number of aromatic carboxylic acids is 1. The third-order valence-electron chi connectivity index (χ3n) is 6.61. The van der Waals surface area contributed by atoms with Crippen LogP contribution in [0.4, 0.5) is 0 Å². The van der Waals surface area contributed by atoms with Gasteiger partial charge in [-0.1, -0.05) is 35.9 Å². The fraction of sp³-hybridized carbons (Fsp3) is 0.0625. The van der Waals surface area contributed by atoms with E-state index in [1.165, 1.54) is 23.9 Å². The third-order valence-corrected chi connectivity index (χ3v) is 7.65. The highest BCUT2D eigenvalue weighted by Crippen LogP contribution is 2.34. The lowest BCUT2D eigenvalue weighted by Gasteiger charge is -2.14. The predicted molar refractivity (Wildman–Crippen MR) is 173 cm³/mol. The molecule has 0 unspecified atom stereocenters. The van der Waals surface area contributed by atoms with Crippen LogP contribution in [0.1, 0.15) is 21.5 Å². The van der Waals surface area contributed by atoms with E-state index in [2.05, 4.69) is 27.7 Å². The van der Waals surface area contributed by atoms with Crippen LogP contribution in [0.3, 0.4) is 0 Å². The zero-order valence-corrected chi connectivity index (χ0v) is 25.4. The van der Waals surface area contributed by atoms with Crippen molar-refractivity contribution in [1.29, 1.82) is 0 Å². The molecular weight excluding hydrogens is 685 g/mol. The highest BCUT2D eigenvalue weighted by molar-refractivity contribution is 14.1. The van der Waals surface area contributed by atoms with Crippen molar-refractivity contribution in [2.75, 3.05) is 7.11 Å². The Morgan fingerprint density at radius 3 is 2.65 bits per heavy atom. The Hall–Kier alpha value is -4.68. The zero-order chi connectivity index (χ0) is 30.1.